The number of thiophene rings is 1. The van der Waals surface area contributed by atoms with E-state index in [2.05, 4.69) is 37.5 Å². The lowest BCUT2D eigenvalue weighted by Gasteiger charge is -2.33. The number of amides is 1. The van der Waals surface area contributed by atoms with E-state index >= 15 is 0 Å². The van der Waals surface area contributed by atoms with Crippen molar-refractivity contribution in [1.29, 1.82) is 5.26 Å². The molecule has 0 unspecified atom stereocenters. The second kappa shape index (κ2) is 9.15. The number of nitrogens with one attached hydrogen (secondary N) is 2. The van der Waals surface area contributed by atoms with E-state index in [9.17, 15) is 10.1 Å². The molecule has 1 aromatic carbocycles. The molecule has 0 saturated heterocycles. The van der Waals surface area contributed by atoms with Crippen LogP contribution >= 0.6 is 23.6 Å². The van der Waals surface area contributed by atoms with Gasteiger partial charge in [-0.25, -0.2) is 0 Å². The SMILES string of the molecule is Cc1ccccc1OCC(=O)NC(=S)Nc1sc2c(c1C#N)CC[C@@H](C(C)(C)C)C2. The molecule has 1 aliphatic carbocycles. The summed E-state index contributed by atoms with van der Waals surface area (Å²) in [5, 5.41) is 16.3. The van der Waals surface area contributed by atoms with Crippen LogP contribution in [0.3, 0.4) is 0 Å². The third-order valence-corrected chi connectivity index (χ3v) is 6.91. The molecule has 2 aromatic rings. The van der Waals surface area contributed by atoms with Gasteiger partial charge in [-0.1, -0.05) is 39.0 Å². The molecule has 0 saturated carbocycles. The van der Waals surface area contributed by atoms with Crippen LogP contribution in [0.25, 0.3) is 0 Å². The van der Waals surface area contributed by atoms with E-state index in [0.717, 1.165) is 30.4 Å². The molecule has 30 heavy (non-hydrogen) atoms. The molecular weight excluding hydrogens is 414 g/mol. The number of hydrogen-bond donors (Lipinski definition) is 2. The van der Waals surface area contributed by atoms with E-state index in [-0.39, 0.29) is 23.0 Å². The average molecular weight is 442 g/mol. The predicted molar refractivity (Wildman–Crippen MR) is 125 cm³/mol. The molecule has 7 heteroatoms. The summed E-state index contributed by atoms with van der Waals surface area (Å²) in [5.41, 5.74) is 2.97. The van der Waals surface area contributed by atoms with Gasteiger partial charge in [0.2, 0.25) is 0 Å². The van der Waals surface area contributed by atoms with Crippen LogP contribution in [0.4, 0.5) is 5.00 Å². The zero-order valence-corrected chi connectivity index (χ0v) is 19.4. The van der Waals surface area contributed by atoms with Gasteiger partial charge in [0.25, 0.3) is 5.91 Å². The third-order valence-electron chi connectivity index (χ3n) is 5.53. The monoisotopic (exact) mass is 441 g/mol. The van der Waals surface area contributed by atoms with Crippen molar-refractivity contribution in [3.05, 3.63) is 45.8 Å². The minimum Gasteiger partial charge on any atom is -0.483 e. The summed E-state index contributed by atoms with van der Waals surface area (Å²) in [6.07, 6.45) is 2.96. The van der Waals surface area contributed by atoms with Gasteiger partial charge in [-0.15, -0.1) is 11.3 Å². The highest BCUT2D eigenvalue weighted by Gasteiger charge is 2.32. The molecular formula is C23H27N3O2S2. The summed E-state index contributed by atoms with van der Waals surface area (Å²) < 4.78 is 5.56. The largest absolute Gasteiger partial charge is 0.483 e. The van der Waals surface area contributed by atoms with E-state index in [1.807, 2.05) is 31.2 Å². The Morgan fingerprint density at radius 1 is 1.37 bits per heavy atom. The fourth-order valence-electron chi connectivity index (χ4n) is 3.69. The summed E-state index contributed by atoms with van der Waals surface area (Å²) in [4.78, 5) is 13.5. The maximum absolute atomic E-state index is 12.2. The Labute approximate surface area is 187 Å². The molecule has 2 N–H and O–H groups in total. The van der Waals surface area contributed by atoms with Crippen LogP contribution < -0.4 is 15.4 Å². The second-order valence-corrected chi connectivity index (χ2v) is 10.2. The summed E-state index contributed by atoms with van der Waals surface area (Å²) in [6.45, 7) is 8.59. The minimum atomic E-state index is -0.344. The summed E-state index contributed by atoms with van der Waals surface area (Å²) in [6, 6.07) is 9.84. The quantitative estimate of drug-likeness (QED) is 0.655. The van der Waals surface area contributed by atoms with Crippen molar-refractivity contribution in [2.45, 2.75) is 47.0 Å². The van der Waals surface area contributed by atoms with Crippen molar-refractivity contribution in [1.82, 2.24) is 5.32 Å². The fourth-order valence-corrected chi connectivity index (χ4v) is 5.25. The van der Waals surface area contributed by atoms with Crippen LogP contribution in [-0.4, -0.2) is 17.6 Å². The summed E-state index contributed by atoms with van der Waals surface area (Å²) >= 11 is 6.87. The van der Waals surface area contributed by atoms with Gasteiger partial charge >= 0.3 is 0 Å². The van der Waals surface area contributed by atoms with Crippen LogP contribution in [-0.2, 0) is 17.6 Å². The number of fused-ring (bicyclic) bond motifs is 1. The lowest BCUT2D eigenvalue weighted by Crippen LogP contribution is -2.37. The first-order valence-corrected chi connectivity index (χ1v) is 11.3. The number of aryl methyl sites for hydroxylation is 1. The average Bonchev–Trinajstić information content (AvgIpc) is 3.02. The Kier molecular flexibility index (Phi) is 6.79. The van der Waals surface area contributed by atoms with Crippen molar-refractivity contribution in [3.63, 3.8) is 0 Å². The molecule has 0 fully saturated rings. The predicted octanol–water partition coefficient (Wildman–Crippen LogP) is 4.97. The Hall–Kier alpha value is -2.43. The number of nitriles is 1. The molecule has 1 aromatic heterocycles. The van der Waals surface area contributed by atoms with E-state index < -0.39 is 0 Å². The van der Waals surface area contributed by atoms with Gasteiger partial charge in [0, 0.05) is 4.88 Å². The first-order valence-electron chi connectivity index (χ1n) is 10.0. The number of anilines is 1. The number of rotatable bonds is 4. The Balaban J connectivity index is 1.62. The molecule has 158 valence electrons. The van der Waals surface area contributed by atoms with E-state index in [0.29, 0.717) is 22.2 Å². The van der Waals surface area contributed by atoms with Crippen molar-refractivity contribution >= 4 is 39.6 Å². The van der Waals surface area contributed by atoms with Crippen molar-refractivity contribution in [2.75, 3.05) is 11.9 Å². The van der Waals surface area contributed by atoms with E-state index in [1.54, 1.807) is 11.3 Å². The van der Waals surface area contributed by atoms with Crippen LogP contribution in [0.5, 0.6) is 5.75 Å². The number of benzene rings is 1. The second-order valence-electron chi connectivity index (χ2n) is 8.68. The Morgan fingerprint density at radius 3 is 2.77 bits per heavy atom. The van der Waals surface area contributed by atoms with Crippen LogP contribution in [0.2, 0.25) is 0 Å². The number of thiocarbonyl (C=S) groups is 1. The number of carbonyl (C=O) groups is 1. The maximum Gasteiger partial charge on any atom is 0.264 e. The number of nitrogens with zero attached hydrogens (tertiary/aromatic N) is 1. The molecule has 0 spiro atoms. The van der Waals surface area contributed by atoms with Gasteiger partial charge in [-0.3, -0.25) is 10.1 Å². The first-order chi connectivity index (χ1) is 14.2. The van der Waals surface area contributed by atoms with Gasteiger partial charge in [0.05, 0.1) is 5.56 Å². The van der Waals surface area contributed by atoms with Crippen molar-refractivity contribution < 1.29 is 9.53 Å². The van der Waals surface area contributed by atoms with Gasteiger partial charge in [-0.05, 0) is 66.9 Å². The third kappa shape index (κ3) is 5.18. The molecule has 0 bridgehead atoms. The maximum atomic E-state index is 12.2. The summed E-state index contributed by atoms with van der Waals surface area (Å²) in [5.74, 6) is 0.911. The van der Waals surface area contributed by atoms with Crippen LogP contribution in [0.15, 0.2) is 24.3 Å². The molecule has 0 radical (unpaired) electrons. The Morgan fingerprint density at radius 2 is 2.10 bits per heavy atom. The summed E-state index contributed by atoms with van der Waals surface area (Å²) in [7, 11) is 0. The molecule has 3 rings (SSSR count). The number of carbonyl (C=O) groups excluding carboxylic acids is 1. The highest BCUT2D eigenvalue weighted by molar-refractivity contribution is 7.80. The lowest BCUT2D eigenvalue weighted by molar-refractivity contribution is -0.121. The highest BCUT2D eigenvalue weighted by atomic mass is 32.1. The zero-order chi connectivity index (χ0) is 21.9. The van der Waals surface area contributed by atoms with Gasteiger partial charge in [0.15, 0.2) is 11.7 Å². The lowest BCUT2D eigenvalue weighted by atomic mass is 9.72. The van der Waals surface area contributed by atoms with Gasteiger partial charge < -0.3 is 10.1 Å². The standard InChI is InChI=1S/C23H27N3O2S2/c1-14-7-5-6-8-18(14)28-13-20(27)25-22(29)26-21-17(12-24)16-10-9-15(23(2,3)4)11-19(16)30-21/h5-8,15H,9-11,13H2,1-4H3,(H2,25,26,27,29)/t15-/m1/s1. The number of hydrogen-bond acceptors (Lipinski definition) is 5. The minimum absolute atomic E-state index is 0.133. The normalized spacial score (nSPS) is 15.6. The highest BCUT2D eigenvalue weighted by Crippen LogP contribution is 2.43. The van der Waals surface area contributed by atoms with Gasteiger partial charge in [0.1, 0.15) is 16.8 Å². The van der Waals surface area contributed by atoms with Crippen molar-refractivity contribution in [2.24, 2.45) is 11.3 Å². The first kappa shape index (κ1) is 22.3. The Bertz CT molecular complexity index is 999. The molecule has 1 heterocycles. The molecule has 5 nitrogen and oxygen atoms in total. The van der Waals surface area contributed by atoms with E-state index in [1.165, 1.54) is 4.88 Å². The smallest absolute Gasteiger partial charge is 0.264 e. The van der Waals surface area contributed by atoms with Crippen LogP contribution in [0.1, 0.15) is 48.8 Å². The zero-order valence-electron chi connectivity index (χ0n) is 17.8. The molecule has 0 aliphatic heterocycles. The number of ether oxygens (including phenoxy) is 1. The molecule has 1 aliphatic rings. The topological polar surface area (TPSA) is 74.2 Å². The van der Waals surface area contributed by atoms with Crippen LogP contribution in [0, 0.1) is 29.6 Å². The number of para-hydroxylation sites is 1. The van der Waals surface area contributed by atoms with E-state index in [4.69, 9.17) is 17.0 Å². The molecule has 1 amide bonds. The molecule has 1 atom stereocenters. The fraction of sp³-hybridized carbons (Fsp3) is 0.435. The van der Waals surface area contributed by atoms with Gasteiger partial charge in [-0.2, -0.15) is 5.26 Å². The van der Waals surface area contributed by atoms with Crippen molar-refractivity contribution in [3.8, 4) is 11.8 Å².